The van der Waals surface area contributed by atoms with Gasteiger partial charge in [0.25, 0.3) is 0 Å². The van der Waals surface area contributed by atoms with Gasteiger partial charge in [0.05, 0.1) is 5.69 Å². The number of aryl methyl sites for hydroxylation is 1. The lowest BCUT2D eigenvalue weighted by Gasteiger charge is -2.00. The summed E-state index contributed by atoms with van der Waals surface area (Å²) in [4.78, 5) is 0. The monoisotopic (exact) mass is 174 g/mol. The highest BCUT2D eigenvalue weighted by Crippen LogP contribution is 2.15. The van der Waals surface area contributed by atoms with Gasteiger partial charge >= 0.3 is 0 Å². The summed E-state index contributed by atoms with van der Waals surface area (Å²) >= 11 is 0. The van der Waals surface area contributed by atoms with Crippen LogP contribution in [-0.2, 0) is 0 Å². The molecule has 0 aromatic heterocycles. The lowest BCUT2D eigenvalue weighted by atomic mass is 10.1. The van der Waals surface area contributed by atoms with Gasteiger partial charge in [-0.15, -0.1) is 0 Å². The maximum absolute atomic E-state index is 12.9. The van der Waals surface area contributed by atoms with Crippen LogP contribution in [0.4, 0.5) is 10.1 Å². The van der Waals surface area contributed by atoms with Gasteiger partial charge in [0.15, 0.2) is 6.07 Å². The average Bonchev–Trinajstić information content (AvgIpc) is 2.09. The van der Waals surface area contributed by atoms with Gasteiger partial charge in [-0.25, -0.2) is 4.39 Å². The number of nitriles is 1. The van der Waals surface area contributed by atoms with Gasteiger partial charge in [-0.05, 0) is 24.6 Å². The molecule has 0 fully saturated rings. The molecule has 0 unspecified atom stereocenters. The number of benzene rings is 1. The lowest BCUT2D eigenvalue weighted by molar-refractivity contribution is 0.631. The largest absolute Gasteiger partial charge is 0.396 e. The van der Waals surface area contributed by atoms with E-state index in [9.17, 15) is 4.39 Å². The second kappa shape index (κ2) is 3.60. The van der Waals surface area contributed by atoms with Gasteiger partial charge in [0.1, 0.15) is 5.82 Å². The first-order valence-electron chi connectivity index (χ1n) is 3.61. The van der Waals surface area contributed by atoms with Crippen LogP contribution in [0.3, 0.4) is 0 Å². The minimum atomic E-state index is -0.507. The molecule has 64 valence electrons. The number of anilines is 1. The number of nitrogen functional groups attached to an aromatic ring is 1. The Hall–Kier alpha value is -2.00. The quantitative estimate of drug-likeness (QED) is 0.479. The molecule has 0 aliphatic rings. The topological polar surface area (TPSA) is 49.8 Å². The van der Waals surface area contributed by atoms with E-state index >= 15 is 0 Å². The molecule has 0 aliphatic carbocycles. The molecule has 0 saturated carbocycles. The minimum absolute atomic E-state index is 0.0972. The summed E-state index contributed by atoms with van der Waals surface area (Å²) in [5.41, 5.74) is 6.69. The van der Waals surface area contributed by atoms with Crippen molar-refractivity contribution in [1.29, 1.82) is 5.26 Å². The molecule has 0 saturated heterocycles. The van der Waals surface area contributed by atoms with Gasteiger partial charge in [-0.1, -0.05) is 5.92 Å². The molecule has 1 aromatic carbocycles. The second-order valence-electron chi connectivity index (χ2n) is 2.55. The third kappa shape index (κ3) is 1.98. The zero-order valence-electron chi connectivity index (χ0n) is 7.06. The normalized spacial score (nSPS) is 8.38. The Morgan fingerprint density at radius 3 is 2.77 bits per heavy atom. The van der Waals surface area contributed by atoms with Gasteiger partial charge < -0.3 is 5.73 Å². The van der Waals surface area contributed by atoms with Crippen LogP contribution in [0.25, 0.3) is 0 Å². The van der Waals surface area contributed by atoms with E-state index in [1.807, 2.05) is 0 Å². The number of nitrogens with two attached hydrogens (primary N) is 1. The van der Waals surface area contributed by atoms with Gasteiger partial charge in [-0.3, -0.25) is 0 Å². The molecule has 2 nitrogen and oxygen atoms in total. The molecule has 0 spiro atoms. The predicted molar refractivity (Wildman–Crippen MR) is 48.0 cm³/mol. The first-order chi connectivity index (χ1) is 6.15. The van der Waals surface area contributed by atoms with Crippen molar-refractivity contribution in [1.82, 2.24) is 0 Å². The SMILES string of the molecule is Cc1cc(N)c(F)cc1C#CC#N. The van der Waals surface area contributed by atoms with E-state index in [1.54, 1.807) is 13.0 Å². The number of halogens is 1. The van der Waals surface area contributed by atoms with Crippen LogP contribution in [0.2, 0.25) is 0 Å². The van der Waals surface area contributed by atoms with Crippen LogP contribution in [0.5, 0.6) is 0 Å². The van der Waals surface area contributed by atoms with Crippen molar-refractivity contribution in [3.8, 4) is 17.9 Å². The molecule has 13 heavy (non-hydrogen) atoms. The second-order valence-corrected chi connectivity index (χ2v) is 2.55. The molecule has 0 aliphatic heterocycles. The van der Waals surface area contributed by atoms with Crippen molar-refractivity contribution in [3.05, 3.63) is 29.1 Å². The molecular weight excluding hydrogens is 167 g/mol. The third-order valence-corrected chi connectivity index (χ3v) is 1.60. The third-order valence-electron chi connectivity index (χ3n) is 1.60. The summed E-state index contributed by atoms with van der Waals surface area (Å²) in [6, 6.07) is 4.39. The van der Waals surface area contributed by atoms with Crippen LogP contribution >= 0.6 is 0 Å². The van der Waals surface area contributed by atoms with Crippen molar-refractivity contribution in [2.45, 2.75) is 6.92 Å². The van der Waals surface area contributed by atoms with Crippen LogP contribution in [0.15, 0.2) is 12.1 Å². The summed E-state index contributed by atoms with van der Waals surface area (Å²) in [7, 11) is 0. The van der Waals surface area contributed by atoms with Gasteiger partial charge in [-0.2, -0.15) is 5.26 Å². The Morgan fingerprint density at radius 2 is 2.15 bits per heavy atom. The summed E-state index contributed by atoms with van der Waals surface area (Å²) in [5.74, 6) is 4.22. The fourth-order valence-corrected chi connectivity index (χ4v) is 0.934. The summed E-state index contributed by atoms with van der Waals surface area (Å²) in [5, 5.41) is 8.20. The van der Waals surface area contributed by atoms with E-state index < -0.39 is 5.82 Å². The van der Waals surface area contributed by atoms with E-state index in [0.717, 1.165) is 5.56 Å². The van der Waals surface area contributed by atoms with Crippen molar-refractivity contribution in [3.63, 3.8) is 0 Å². The first kappa shape index (κ1) is 9.09. The zero-order chi connectivity index (χ0) is 9.84. The fourth-order valence-electron chi connectivity index (χ4n) is 0.934. The predicted octanol–water partition coefficient (Wildman–Crippen LogP) is 1.59. The molecule has 0 atom stereocenters. The van der Waals surface area contributed by atoms with E-state index in [2.05, 4.69) is 11.8 Å². The van der Waals surface area contributed by atoms with E-state index in [-0.39, 0.29) is 5.69 Å². The summed E-state index contributed by atoms with van der Waals surface area (Å²) in [6.07, 6.45) is 0. The maximum Gasteiger partial charge on any atom is 0.152 e. The number of rotatable bonds is 0. The smallest absolute Gasteiger partial charge is 0.152 e. The van der Waals surface area contributed by atoms with Crippen LogP contribution in [0, 0.1) is 35.9 Å². The molecule has 3 heteroatoms. The maximum atomic E-state index is 12.9. The molecular formula is C10H7FN2. The minimum Gasteiger partial charge on any atom is -0.396 e. The van der Waals surface area contributed by atoms with Crippen molar-refractivity contribution in [2.24, 2.45) is 0 Å². The average molecular weight is 174 g/mol. The molecule has 0 bridgehead atoms. The van der Waals surface area contributed by atoms with E-state index in [0.29, 0.717) is 5.56 Å². The molecule has 1 rings (SSSR count). The molecule has 0 amide bonds. The number of nitrogens with zero attached hydrogens (tertiary/aromatic N) is 1. The highest BCUT2D eigenvalue weighted by atomic mass is 19.1. The first-order valence-corrected chi connectivity index (χ1v) is 3.61. The van der Waals surface area contributed by atoms with Crippen LogP contribution in [-0.4, -0.2) is 0 Å². The van der Waals surface area contributed by atoms with Crippen molar-refractivity contribution in [2.75, 3.05) is 5.73 Å². The van der Waals surface area contributed by atoms with Crippen molar-refractivity contribution < 1.29 is 4.39 Å². The Bertz CT molecular complexity index is 433. The Balaban J connectivity index is 3.25. The molecule has 0 heterocycles. The van der Waals surface area contributed by atoms with Crippen molar-refractivity contribution >= 4 is 5.69 Å². The van der Waals surface area contributed by atoms with Crippen LogP contribution < -0.4 is 5.73 Å². The van der Waals surface area contributed by atoms with E-state index in [1.165, 1.54) is 12.1 Å². The molecule has 2 N–H and O–H groups in total. The van der Waals surface area contributed by atoms with Gasteiger partial charge in [0.2, 0.25) is 0 Å². The number of hydrogen-bond acceptors (Lipinski definition) is 2. The lowest BCUT2D eigenvalue weighted by Crippen LogP contribution is -1.93. The zero-order valence-corrected chi connectivity index (χ0v) is 7.06. The van der Waals surface area contributed by atoms with Crippen LogP contribution in [0.1, 0.15) is 11.1 Å². The van der Waals surface area contributed by atoms with Gasteiger partial charge in [0, 0.05) is 11.5 Å². The fraction of sp³-hybridized carbons (Fsp3) is 0.100. The standard InChI is InChI=1S/C10H7FN2/c1-7-5-10(13)9(11)6-8(7)3-2-4-12/h5-6H,13H2,1H3. The Labute approximate surface area is 75.8 Å². The Morgan fingerprint density at radius 1 is 1.46 bits per heavy atom. The molecule has 1 aromatic rings. The summed E-state index contributed by atoms with van der Waals surface area (Å²) < 4.78 is 12.9. The number of hydrogen-bond donors (Lipinski definition) is 1. The highest BCUT2D eigenvalue weighted by Gasteiger charge is 2.01. The Kier molecular flexibility index (Phi) is 2.52. The van der Waals surface area contributed by atoms with E-state index in [4.69, 9.17) is 11.0 Å². The summed E-state index contributed by atoms with van der Waals surface area (Å²) in [6.45, 7) is 1.76. The molecule has 0 radical (unpaired) electrons. The highest BCUT2D eigenvalue weighted by molar-refractivity contribution is 5.52.